The highest BCUT2D eigenvalue weighted by Crippen LogP contribution is 2.32. The number of phenols is 1. The first-order valence-corrected chi connectivity index (χ1v) is 5.36. The molecule has 1 atom stereocenters. The van der Waals surface area contributed by atoms with E-state index in [0.717, 1.165) is 10.0 Å². The Kier molecular flexibility index (Phi) is 3.50. The smallest absolute Gasteiger partial charge is 0.147 e. The van der Waals surface area contributed by atoms with Crippen LogP contribution in [0, 0.1) is 0 Å². The highest BCUT2D eigenvalue weighted by Gasteiger charge is 2.15. The summed E-state index contributed by atoms with van der Waals surface area (Å²) in [6.45, 7) is 1.51. The van der Waals surface area contributed by atoms with Crippen LogP contribution in [-0.4, -0.2) is 10.9 Å². The van der Waals surface area contributed by atoms with E-state index in [1.54, 1.807) is 18.2 Å². The van der Waals surface area contributed by atoms with E-state index in [0.29, 0.717) is 0 Å². The summed E-state index contributed by atoms with van der Waals surface area (Å²) >= 11 is 6.54. The van der Waals surface area contributed by atoms with Gasteiger partial charge in [0.15, 0.2) is 0 Å². The lowest BCUT2D eigenvalue weighted by atomic mass is 10.1. The minimum Gasteiger partial charge on any atom is -0.508 e. The van der Waals surface area contributed by atoms with Crippen molar-refractivity contribution in [1.29, 1.82) is 0 Å². The predicted molar refractivity (Wildman–Crippen MR) is 58.2 cm³/mol. The third kappa shape index (κ3) is 2.54. The molecule has 0 aliphatic heterocycles. The second kappa shape index (κ2) is 4.24. The number of halogens is 2. The third-order valence-corrected chi connectivity index (χ3v) is 3.44. The van der Waals surface area contributed by atoms with Crippen LogP contribution in [-0.2, 0) is 4.79 Å². The van der Waals surface area contributed by atoms with Crippen molar-refractivity contribution in [2.24, 2.45) is 0 Å². The quantitative estimate of drug-likeness (QED) is 0.852. The highest BCUT2D eigenvalue weighted by atomic mass is 79.9. The van der Waals surface area contributed by atoms with Crippen molar-refractivity contribution >= 4 is 37.6 Å². The molecule has 1 aromatic rings. The van der Waals surface area contributed by atoms with Crippen LogP contribution in [0.3, 0.4) is 0 Å². The van der Waals surface area contributed by atoms with E-state index >= 15 is 0 Å². The number of benzene rings is 1. The number of hydrogen-bond donors (Lipinski definition) is 1. The number of alkyl halides is 1. The van der Waals surface area contributed by atoms with Crippen LogP contribution in [0.1, 0.15) is 17.3 Å². The van der Waals surface area contributed by atoms with Crippen LogP contribution >= 0.6 is 31.9 Å². The van der Waals surface area contributed by atoms with Crippen LogP contribution in [0.4, 0.5) is 0 Å². The molecule has 0 aliphatic rings. The molecule has 0 saturated heterocycles. The highest BCUT2D eigenvalue weighted by molar-refractivity contribution is 9.11. The Bertz CT molecular complexity index is 336. The third-order valence-electron chi connectivity index (χ3n) is 1.61. The average Bonchev–Trinajstić information content (AvgIpc) is 2.03. The molecule has 4 heteroatoms. The molecule has 0 fully saturated rings. The van der Waals surface area contributed by atoms with Gasteiger partial charge in [0.1, 0.15) is 11.5 Å². The lowest BCUT2D eigenvalue weighted by molar-refractivity contribution is -0.116. The second-order valence-corrected chi connectivity index (χ2v) is 4.45. The Morgan fingerprint density at radius 2 is 2.15 bits per heavy atom. The SMILES string of the molecule is CC(=O)C(Br)c1ccc(O)cc1Br. The lowest BCUT2D eigenvalue weighted by Gasteiger charge is -2.08. The molecule has 13 heavy (non-hydrogen) atoms. The number of Topliss-reactive ketones (excluding diaryl/α,β-unsaturated/α-hetero) is 1. The largest absolute Gasteiger partial charge is 0.508 e. The number of carbonyl (C=O) groups excluding carboxylic acids is 1. The van der Waals surface area contributed by atoms with Gasteiger partial charge in [0.05, 0.1) is 4.83 Å². The first-order valence-electron chi connectivity index (χ1n) is 3.65. The molecule has 0 spiro atoms. The second-order valence-electron chi connectivity index (χ2n) is 2.68. The van der Waals surface area contributed by atoms with Crippen molar-refractivity contribution in [2.75, 3.05) is 0 Å². The minimum absolute atomic E-state index is 0.0337. The normalized spacial score (nSPS) is 12.5. The Morgan fingerprint density at radius 1 is 1.54 bits per heavy atom. The molecule has 0 radical (unpaired) electrons. The standard InChI is InChI=1S/C9H8Br2O2/c1-5(12)9(11)7-3-2-6(13)4-8(7)10/h2-4,9,13H,1H3. The van der Waals surface area contributed by atoms with Crippen LogP contribution < -0.4 is 0 Å². The van der Waals surface area contributed by atoms with Gasteiger partial charge in [-0.15, -0.1) is 0 Å². The average molecular weight is 308 g/mol. The summed E-state index contributed by atoms with van der Waals surface area (Å²) in [5.74, 6) is 0.213. The number of hydrogen-bond acceptors (Lipinski definition) is 2. The molecule has 1 rings (SSSR count). The van der Waals surface area contributed by atoms with Crippen molar-refractivity contribution in [3.8, 4) is 5.75 Å². The maximum atomic E-state index is 11.1. The number of ketones is 1. The molecule has 2 nitrogen and oxygen atoms in total. The molecule has 1 N–H and O–H groups in total. The molecular formula is C9H8Br2O2. The van der Waals surface area contributed by atoms with Gasteiger partial charge in [0.25, 0.3) is 0 Å². The van der Waals surface area contributed by atoms with Gasteiger partial charge in [-0.2, -0.15) is 0 Å². The monoisotopic (exact) mass is 306 g/mol. The Labute approximate surface area is 93.2 Å². The van der Waals surface area contributed by atoms with Crippen molar-refractivity contribution in [1.82, 2.24) is 0 Å². The number of aromatic hydroxyl groups is 1. The van der Waals surface area contributed by atoms with Crippen LogP contribution in [0.2, 0.25) is 0 Å². The maximum Gasteiger partial charge on any atom is 0.147 e. The van der Waals surface area contributed by atoms with Gasteiger partial charge in [-0.25, -0.2) is 0 Å². The number of rotatable bonds is 2. The number of phenolic OH excluding ortho intramolecular Hbond substituents is 1. The summed E-state index contributed by atoms with van der Waals surface area (Å²) in [5.41, 5.74) is 0.824. The van der Waals surface area contributed by atoms with Gasteiger partial charge in [-0.3, -0.25) is 4.79 Å². The summed E-state index contributed by atoms with van der Waals surface area (Å²) in [4.78, 5) is 10.7. The molecule has 0 saturated carbocycles. The van der Waals surface area contributed by atoms with Gasteiger partial charge in [-0.1, -0.05) is 37.9 Å². The summed E-state index contributed by atoms with van der Waals surface area (Å²) < 4.78 is 0.726. The van der Waals surface area contributed by atoms with Gasteiger partial charge in [0, 0.05) is 4.47 Å². The van der Waals surface area contributed by atoms with E-state index < -0.39 is 0 Å². The zero-order valence-corrected chi connectivity index (χ0v) is 10.1. The molecule has 0 amide bonds. The molecular weight excluding hydrogens is 300 g/mol. The summed E-state index contributed by atoms with van der Waals surface area (Å²) in [6.07, 6.45) is 0. The van der Waals surface area contributed by atoms with Crippen molar-refractivity contribution in [3.05, 3.63) is 28.2 Å². The molecule has 0 aliphatic carbocycles. The van der Waals surface area contributed by atoms with Crippen molar-refractivity contribution in [3.63, 3.8) is 0 Å². The minimum atomic E-state index is -0.317. The first-order chi connectivity index (χ1) is 6.02. The summed E-state index contributed by atoms with van der Waals surface area (Å²) in [7, 11) is 0. The van der Waals surface area contributed by atoms with E-state index in [1.807, 2.05) is 0 Å². The van der Waals surface area contributed by atoms with E-state index in [-0.39, 0.29) is 16.4 Å². The maximum absolute atomic E-state index is 11.1. The molecule has 1 unspecified atom stereocenters. The van der Waals surface area contributed by atoms with Gasteiger partial charge in [-0.05, 0) is 24.6 Å². The molecule has 1 aromatic carbocycles. The Hall–Kier alpha value is -0.350. The fourth-order valence-corrected chi connectivity index (χ4v) is 2.24. The topological polar surface area (TPSA) is 37.3 Å². The van der Waals surface area contributed by atoms with Gasteiger partial charge >= 0.3 is 0 Å². The molecule has 0 aromatic heterocycles. The van der Waals surface area contributed by atoms with Gasteiger partial charge < -0.3 is 5.11 Å². The van der Waals surface area contributed by atoms with E-state index in [1.165, 1.54) is 6.92 Å². The number of carbonyl (C=O) groups is 1. The van der Waals surface area contributed by atoms with E-state index in [4.69, 9.17) is 5.11 Å². The summed E-state index contributed by atoms with van der Waals surface area (Å²) in [6, 6.07) is 4.82. The Balaban J connectivity index is 3.08. The zero-order chi connectivity index (χ0) is 10.0. The fraction of sp³-hybridized carbons (Fsp3) is 0.222. The van der Waals surface area contributed by atoms with Crippen LogP contribution in [0.5, 0.6) is 5.75 Å². The molecule has 0 heterocycles. The van der Waals surface area contributed by atoms with Gasteiger partial charge in [0.2, 0.25) is 0 Å². The fourth-order valence-electron chi connectivity index (χ4n) is 0.941. The van der Waals surface area contributed by atoms with Crippen molar-refractivity contribution < 1.29 is 9.90 Å². The van der Waals surface area contributed by atoms with Crippen LogP contribution in [0.25, 0.3) is 0 Å². The van der Waals surface area contributed by atoms with E-state index in [9.17, 15) is 4.79 Å². The van der Waals surface area contributed by atoms with Crippen LogP contribution in [0.15, 0.2) is 22.7 Å². The lowest BCUT2D eigenvalue weighted by Crippen LogP contribution is -2.01. The summed E-state index contributed by atoms with van der Waals surface area (Å²) in [5, 5.41) is 9.13. The first kappa shape index (κ1) is 10.7. The van der Waals surface area contributed by atoms with E-state index in [2.05, 4.69) is 31.9 Å². The zero-order valence-electron chi connectivity index (χ0n) is 6.92. The Morgan fingerprint density at radius 3 is 2.62 bits per heavy atom. The van der Waals surface area contributed by atoms with Crippen molar-refractivity contribution in [2.45, 2.75) is 11.8 Å². The predicted octanol–water partition coefficient (Wildman–Crippen LogP) is 3.18. The molecule has 70 valence electrons. The molecule has 0 bridgehead atoms.